The van der Waals surface area contributed by atoms with E-state index >= 15 is 0 Å². The molecule has 0 saturated heterocycles. The molecule has 0 aromatic rings. The van der Waals surface area contributed by atoms with Gasteiger partial charge in [0.25, 0.3) is 0 Å². The van der Waals surface area contributed by atoms with Gasteiger partial charge in [-0.25, -0.2) is 14.4 Å². The standard InChI is InChI=1S/C5H8O2.C4H2O3.C2H4/c1-4(2)5(6)7-3;5-3-1-2-4(6)7-3;1-2/h1H2,2-3H3;1-2H;1-2H2. The molecule has 0 fully saturated rings. The number of esters is 3. The van der Waals surface area contributed by atoms with Crippen LogP contribution in [0.4, 0.5) is 0 Å². The lowest BCUT2D eigenvalue weighted by atomic mass is 10.4. The van der Waals surface area contributed by atoms with Crippen molar-refractivity contribution in [3.8, 4) is 0 Å². The SMILES string of the molecule is C=C.C=C(C)C(=O)OC.O=C1C=CC(=O)O1. The highest BCUT2D eigenvalue weighted by Crippen LogP contribution is 1.92. The van der Waals surface area contributed by atoms with Gasteiger partial charge in [-0.15, -0.1) is 13.2 Å². The first kappa shape index (κ1) is 16.3. The first-order valence-corrected chi connectivity index (χ1v) is 4.15. The van der Waals surface area contributed by atoms with Crippen molar-refractivity contribution >= 4 is 17.9 Å². The van der Waals surface area contributed by atoms with Crippen LogP contribution in [0.1, 0.15) is 6.92 Å². The molecule has 1 heterocycles. The normalized spacial score (nSPS) is 11.4. The van der Waals surface area contributed by atoms with E-state index in [9.17, 15) is 14.4 Å². The summed E-state index contributed by atoms with van der Waals surface area (Å²) in [6, 6.07) is 0. The molecule has 0 aliphatic carbocycles. The quantitative estimate of drug-likeness (QED) is 0.290. The molecule has 0 spiro atoms. The molecule has 0 aromatic heterocycles. The Kier molecular flexibility index (Phi) is 9.54. The number of cyclic esters (lactones) is 2. The molecular weight excluding hydrogens is 212 g/mol. The molecule has 16 heavy (non-hydrogen) atoms. The predicted molar refractivity (Wildman–Crippen MR) is 58.3 cm³/mol. The van der Waals surface area contributed by atoms with Crippen molar-refractivity contribution in [3.63, 3.8) is 0 Å². The molecule has 5 heteroatoms. The number of methoxy groups -OCH3 is 1. The van der Waals surface area contributed by atoms with Crippen LogP contribution in [0.25, 0.3) is 0 Å². The van der Waals surface area contributed by atoms with Crippen molar-refractivity contribution in [2.24, 2.45) is 0 Å². The molecule has 0 unspecified atom stereocenters. The first-order chi connectivity index (χ1) is 7.47. The van der Waals surface area contributed by atoms with Crippen LogP contribution in [0, 0.1) is 0 Å². The Morgan fingerprint density at radius 2 is 1.62 bits per heavy atom. The minimum Gasteiger partial charge on any atom is -0.466 e. The highest BCUT2D eigenvalue weighted by molar-refractivity contribution is 6.04. The Morgan fingerprint density at radius 1 is 1.25 bits per heavy atom. The zero-order valence-corrected chi connectivity index (χ0v) is 9.32. The Hall–Kier alpha value is -2.17. The van der Waals surface area contributed by atoms with Crippen molar-refractivity contribution in [1.82, 2.24) is 0 Å². The Labute approximate surface area is 94.0 Å². The molecule has 0 amide bonds. The van der Waals surface area contributed by atoms with Gasteiger partial charge < -0.3 is 9.47 Å². The van der Waals surface area contributed by atoms with Crippen LogP contribution in [0.2, 0.25) is 0 Å². The number of carbonyl (C=O) groups excluding carboxylic acids is 3. The van der Waals surface area contributed by atoms with E-state index in [1.54, 1.807) is 6.92 Å². The number of carbonyl (C=O) groups is 3. The highest BCUT2D eigenvalue weighted by Gasteiger charge is 2.10. The molecule has 0 N–H and O–H groups in total. The Bertz CT molecular complexity index is 298. The summed E-state index contributed by atoms with van der Waals surface area (Å²) in [5.41, 5.74) is 0.433. The molecule has 0 bridgehead atoms. The van der Waals surface area contributed by atoms with Gasteiger partial charge in [-0.2, -0.15) is 0 Å². The second-order valence-corrected chi connectivity index (χ2v) is 2.35. The monoisotopic (exact) mass is 226 g/mol. The fourth-order valence-corrected chi connectivity index (χ4v) is 0.477. The highest BCUT2D eigenvalue weighted by atomic mass is 16.6. The first-order valence-electron chi connectivity index (χ1n) is 4.15. The van der Waals surface area contributed by atoms with Gasteiger partial charge in [0.2, 0.25) is 0 Å². The average molecular weight is 226 g/mol. The summed E-state index contributed by atoms with van der Waals surface area (Å²) < 4.78 is 8.25. The summed E-state index contributed by atoms with van der Waals surface area (Å²) in [6.07, 6.45) is 2.17. The number of hydrogen-bond acceptors (Lipinski definition) is 5. The molecule has 88 valence electrons. The zero-order chi connectivity index (χ0) is 13.1. The molecule has 1 rings (SSSR count). The van der Waals surface area contributed by atoms with Crippen molar-refractivity contribution < 1.29 is 23.9 Å². The third-order valence-electron chi connectivity index (χ3n) is 1.09. The number of ether oxygens (including phenoxy) is 2. The maximum absolute atomic E-state index is 10.2. The average Bonchev–Trinajstić information content (AvgIpc) is 2.65. The topological polar surface area (TPSA) is 69.7 Å². The third-order valence-corrected chi connectivity index (χ3v) is 1.09. The van der Waals surface area contributed by atoms with E-state index in [0.717, 1.165) is 12.2 Å². The van der Waals surface area contributed by atoms with Gasteiger partial charge in [0, 0.05) is 17.7 Å². The molecule has 1 aliphatic rings. The van der Waals surface area contributed by atoms with Gasteiger partial charge in [0.1, 0.15) is 0 Å². The fourth-order valence-electron chi connectivity index (χ4n) is 0.477. The largest absolute Gasteiger partial charge is 0.466 e. The van der Waals surface area contributed by atoms with Crippen molar-refractivity contribution in [2.45, 2.75) is 6.92 Å². The number of rotatable bonds is 1. The van der Waals surface area contributed by atoms with Gasteiger partial charge >= 0.3 is 17.9 Å². The van der Waals surface area contributed by atoms with Gasteiger partial charge in [0.05, 0.1) is 7.11 Å². The summed E-state index contributed by atoms with van der Waals surface area (Å²) in [4.78, 5) is 30.0. The Morgan fingerprint density at radius 3 is 1.69 bits per heavy atom. The summed E-state index contributed by atoms with van der Waals surface area (Å²) >= 11 is 0. The van der Waals surface area contributed by atoms with E-state index in [2.05, 4.69) is 29.2 Å². The van der Waals surface area contributed by atoms with E-state index < -0.39 is 11.9 Å². The molecule has 0 saturated carbocycles. The maximum Gasteiger partial charge on any atom is 0.338 e. The predicted octanol–water partition coefficient (Wildman–Crippen LogP) is 1.16. The van der Waals surface area contributed by atoms with Crippen LogP contribution in [-0.4, -0.2) is 25.0 Å². The van der Waals surface area contributed by atoms with Crippen LogP contribution in [0.5, 0.6) is 0 Å². The molecule has 0 aromatic carbocycles. The minimum atomic E-state index is -0.579. The van der Waals surface area contributed by atoms with Crippen LogP contribution in [0.3, 0.4) is 0 Å². The third kappa shape index (κ3) is 8.43. The lowest BCUT2D eigenvalue weighted by molar-refractivity contribution is -0.150. The summed E-state index contributed by atoms with van der Waals surface area (Å²) in [6.45, 7) is 11.0. The van der Waals surface area contributed by atoms with Crippen LogP contribution in [0.15, 0.2) is 37.5 Å². The van der Waals surface area contributed by atoms with Crippen LogP contribution in [-0.2, 0) is 23.9 Å². The lowest BCUT2D eigenvalue weighted by Crippen LogP contribution is -1.98. The van der Waals surface area contributed by atoms with Gasteiger partial charge in [-0.3, -0.25) is 0 Å². The smallest absolute Gasteiger partial charge is 0.338 e. The number of hydrogen-bond donors (Lipinski definition) is 0. The van der Waals surface area contributed by atoms with Gasteiger partial charge in [0.15, 0.2) is 0 Å². The fraction of sp³-hybridized carbons (Fsp3) is 0.182. The maximum atomic E-state index is 10.2. The van der Waals surface area contributed by atoms with E-state index in [0.29, 0.717) is 5.57 Å². The second kappa shape index (κ2) is 9.39. The van der Waals surface area contributed by atoms with Crippen molar-refractivity contribution in [1.29, 1.82) is 0 Å². The molecule has 0 atom stereocenters. The summed E-state index contributed by atoms with van der Waals surface area (Å²) in [7, 11) is 1.33. The van der Waals surface area contributed by atoms with Gasteiger partial charge in [-0.05, 0) is 6.92 Å². The Balaban J connectivity index is 0. The van der Waals surface area contributed by atoms with Gasteiger partial charge in [-0.1, -0.05) is 6.58 Å². The van der Waals surface area contributed by atoms with E-state index in [1.165, 1.54) is 7.11 Å². The minimum absolute atomic E-state index is 0.347. The lowest BCUT2D eigenvalue weighted by Gasteiger charge is -1.91. The van der Waals surface area contributed by atoms with E-state index in [1.807, 2.05) is 0 Å². The van der Waals surface area contributed by atoms with Crippen molar-refractivity contribution in [3.05, 3.63) is 37.5 Å². The van der Waals surface area contributed by atoms with E-state index in [4.69, 9.17) is 0 Å². The second-order valence-electron chi connectivity index (χ2n) is 2.35. The van der Waals surface area contributed by atoms with Crippen LogP contribution < -0.4 is 0 Å². The summed E-state index contributed by atoms with van der Waals surface area (Å²) in [5.74, 6) is -1.50. The molecule has 0 radical (unpaired) electrons. The molecule has 5 nitrogen and oxygen atoms in total. The summed E-state index contributed by atoms with van der Waals surface area (Å²) in [5, 5.41) is 0. The molecule has 1 aliphatic heterocycles. The molecular formula is C11H14O5. The van der Waals surface area contributed by atoms with E-state index in [-0.39, 0.29) is 5.97 Å². The van der Waals surface area contributed by atoms with Crippen LogP contribution >= 0.6 is 0 Å². The van der Waals surface area contributed by atoms with Crippen molar-refractivity contribution in [2.75, 3.05) is 7.11 Å². The zero-order valence-electron chi connectivity index (χ0n) is 9.32.